The molecule has 2 aliphatic heterocycles. The zero-order valence-electron chi connectivity index (χ0n) is 18.3. The van der Waals surface area contributed by atoms with E-state index < -0.39 is 0 Å². The summed E-state index contributed by atoms with van der Waals surface area (Å²) in [6, 6.07) is 7.59. The van der Waals surface area contributed by atoms with Crippen LogP contribution in [0.5, 0.6) is 0 Å². The number of piperidine rings is 1. The fourth-order valence-electron chi connectivity index (χ4n) is 4.54. The number of halogens is 1. The highest BCUT2D eigenvalue weighted by atomic mass is 35.5. The molecule has 33 heavy (non-hydrogen) atoms. The van der Waals surface area contributed by atoms with Gasteiger partial charge in [0, 0.05) is 37.6 Å². The molecule has 0 spiro atoms. The first kappa shape index (κ1) is 23.0. The Bertz CT molecular complexity index is 1130. The van der Waals surface area contributed by atoms with Crippen molar-refractivity contribution in [2.24, 2.45) is 5.92 Å². The van der Waals surface area contributed by atoms with Gasteiger partial charge >= 0.3 is 0 Å². The number of anilines is 1. The molecule has 9 nitrogen and oxygen atoms in total. The molecule has 1 unspecified atom stereocenters. The molecule has 1 amide bonds. The number of hydrogen-bond acceptors (Lipinski definition) is 6. The van der Waals surface area contributed by atoms with Gasteiger partial charge in [0.15, 0.2) is 17.0 Å². The summed E-state index contributed by atoms with van der Waals surface area (Å²) in [4.78, 5) is 37.3. The minimum absolute atomic E-state index is 0.0693. The number of aryl methyl sites for hydroxylation is 2. The summed E-state index contributed by atoms with van der Waals surface area (Å²) in [5, 5.41) is 10.6. The summed E-state index contributed by atoms with van der Waals surface area (Å²) in [7, 11) is 0. The summed E-state index contributed by atoms with van der Waals surface area (Å²) in [5.41, 5.74) is 2.79. The minimum Gasteiger partial charge on any atom is -0.483 e. The van der Waals surface area contributed by atoms with Crippen molar-refractivity contribution in [1.82, 2.24) is 24.8 Å². The molecule has 0 aliphatic carbocycles. The van der Waals surface area contributed by atoms with Gasteiger partial charge in [0.2, 0.25) is 5.91 Å². The third-order valence-electron chi connectivity index (χ3n) is 6.07. The molecule has 1 aromatic carbocycles. The van der Waals surface area contributed by atoms with Gasteiger partial charge in [-0.15, -0.1) is 0 Å². The molecule has 0 radical (unpaired) electrons. The van der Waals surface area contributed by atoms with E-state index in [9.17, 15) is 4.79 Å². The van der Waals surface area contributed by atoms with Crippen LogP contribution in [0.15, 0.2) is 30.6 Å². The van der Waals surface area contributed by atoms with Crippen molar-refractivity contribution in [1.29, 1.82) is 0 Å². The highest BCUT2D eigenvalue weighted by molar-refractivity contribution is 6.30. The molecule has 1 atom stereocenters. The first-order valence-corrected chi connectivity index (χ1v) is 11.5. The van der Waals surface area contributed by atoms with E-state index in [0.29, 0.717) is 18.1 Å². The first-order chi connectivity index (χ1) is 16.1. The average Bonchev–Trinajstić information content (AvgIpc) is 3.22. The van der Waals surface area contributed by atoms with E-state index in [1.54, 1.807) is 6.33 Å². The highest BCUT2D eigenvalue weighted by Gasteiger charge is 2.29. The molecule has 2 aromatic heterocycles. The van der Waals surface area contributed by atoms with Crippen LogP contribution >= 0.6 is 11.6 Å². The lowest BCUT2D eigenvalue weighted by Crippen LogP contribution is -2.43. The minimum atomic E-state index is -0.250. The lowest BCUT2D eigenvalue weighted by atomic mass is 9.97. The molecule has 0 bridgehead atoms. The van der Waals surface area contributed by atoms with Gasteiger partial charge in [-0.1, -0.05) is 23.7 Å². The van der Waals surface area contributed by atoms with Crippen molar-refractivity contribution in [2.45, 2.75) is 45.2 Å². The number of benzene rings is 1. The van der Waals surface area contributed by atoms with Gasteiger partial charge in [-0.2, -0.15) is 0 Å². The smallest absolute Gasteiger partial charge is 0.290 e. The average molecular weight is 471 g/mol. The van der Waals surface area contributed by atoms with E-state index in [0.717, 1.165) is 67.1 Å². The molecule has 1 fully saturated rings. The molecule has 174 valence electrons. The van der Waals surface area contributed by atoms with Crippen molar-refractivity contribution in [3.63, 3.8) is 0 Å². The Labute approximate surface area is 196 Å². The Morgan fingerprint density at radius 1 is 1.24 bits per heavy atom. The van der Waals surface area contributed by atoms with Crippen LogP contribution in [0.3, 0.4) is 0 Å². The van der Waals surface area contributed by atoms with E-state index in [1.807, 2.05) is 24.3 Å². The van der Waals surface area contributed by atoms with Crippen LogP contribution in [0.25, 0.3) is 11.2 Å². The van der Waals surface area contributed by atoms with Crippen LogP contribution < -0.4 is 10.2 Å². The molecular formula is C23H27ClN6O3. The summed E-state index contributed by atoms with van der Waals surface area (Å²) in [6.45, 7) is 2.74. The predicted molar refractivity (Wildman–Crippen MR) is 125 cm³/mol. The molecule has 2 aliphatic rings. The maximum Gasteiger partial charge on any atom is 0.290 e. The summed E-state index contributed by atoms with van der Waals surface area (Å²) < 4.78 is 2.23. The summed E-state index contributed by atoms with van der Waals surface area (Å²) in [5.74, 6) is 1.97. The molecule has 0 saturated carbocycles. The number of carbonyl (C=O) groups is 2. The molecule has 4 heterocycles. The fourth-order valence-corrected chi connectivity index (χ4v) is 4.76. The second-order valence-corrected chi connectivity index (χ2v) is 8.68. The van der Waals surface area contributed by atoms with Crippen molar-refractivity contribution >= 4 is 41.0 Å². The lowest BCUT2D eigenvalue weighted by Gasteiger charge is -2.32. The quantitative estimate of drug-likeness (QED) is 0.563. The normalized spacial score (nSPS) is 17.6. The van der Waals surface area contributed by atoms with E-state index >= 15 is 0 Å². The predicted octanol–water partition coefficient (Wildman–Crippen LogP) is 3.05. The monoisotopic (exact) mass is 470 g/mol. The van der Waals surface area contributed by atoms with Crippen LogP contribution in [0, 0.1) is 5.92 Å². The molecular weight excluding hydrogens is 444 g/mol. The number of hydrogen-bond donors (Lipinski definition) is 2. The van der Waals surface area contributed by atoms with Crippen molar-refractivity contribution < 1.29 is 14.7 Å². The SMILES string of the molecule is O=C(NCc1cccc(Cl)c1)C1CCCN(c2ncnc3c2nc2n3CCCC2)C1.O=CO. The number of fused-ring (bicyclic) bond motifs is 3. The molecule has 2 N–H and O–H groups in total. The maximum absolute atomic E-state index is 12.8. The summed E-state index contributed by atoms with van der Waals surface area (Å²) in [6.07, 6.45) is 6.79. The van der Waals surface area contributed by atoms with E-state index in [4.69, 9.17) is 26.5 Å². The Kier molecular flexibility index (Phi) is 7.39. The number of carbonyl (C=O) groups excluding carboxylic acids is 1. The van der Waals surface area contributed by atoms with Crippen molar-refractivity contribution in [2.75, 3.05) is 18.0 Å². The number of imidazole rings is 1. The van der Waals surface area contributed by atoms with E-state index in [-0.39, 0.29) is 18.3 Å². The number of nitrogens with one attached hydrogen (secondary N) is 1. The number of nitrogens with zero attached hydrogens (tertiary/aromatic N) is 5. The topological polar surface area (TPSA) is 113 Å². The second kappa shape index (κ2) is 10.6. The van der Waals surface area contributed by atoms with Gasteiger partial charge in [0.25, 0.3) is 6.47 Å². The number of amides is 1. The molecule has 1 saturated heterocycles. The third-order valence-corrected chi connectivity index (χ3v) is 6.31. The van der Waals surface area contributed by atoms with Crippen LogP contribution in [0.1, 0.15) is 37.1 Å². The number of carboxylic acid groups (broad SMARTS) is 1. The fraction of sp³-hybridized carbons (Fsp3) is 0.435. The zero-order valence-corrected chi connectivity index (χ0v) is 19.0. The molecule has 3 aromatic rings. The third kappa shape index (κ3) is 5.24. The second-order valence-electron chi connectivity index (χ2n) is 8.24. The van der Waals surface area contributed by atoms with Gasteiger partial charge in [0.1, 0.15) is 12.2 Å². The molecule has 5 rings (SSSR count). The van der Waals surface area contributed by atoms with Crippen LogP contribution in [-0.4, -0.2) is 50.1 Å². The van der Waals surface area contributed by atoms with Crippen molar-refractivity contribution in [3.8, 4) is 0 Å². The first-order valence-electron chi connectivity index (χ1n) is 11.2. The Hall–Kier alpha value is -3.20. The standard InChI is InChI=1S/C22H25ClN6O.CH2O2/c23-17-7-3-5-15(11-17)12-24-22(30)16-6-4-9-28(13-16)20-19-21(26-14-25-20)29-10-2-1-8-18(29)27-19;2-1-3/h3,5,7,11,14,16H,1-2,4,6,8-10,12-13H2,(H,24,30);1H,(H,2,3). The number of aromatic nitrogens is 4. The van der Waals surface area contributed by atoms with Crippen LogP contribution in [0.4, 0.5) is 5.82 Å². The molecule has 10 heteroatoms. The largest absolute Gasteiger partial charge is 0.483 e. The van der Waals surface area contributed by atoms with E-state index in [1.165, 1.54) is 6.42 Å². The van der Waals surface area contributed by atoms with Gasteiger partial charge in [0.05, 0.1) is 5.92 Å². The summed E-state index contributed by atoms with van der Waals surface area (Å²) >= 11 is 6.04. The van der Waals surface area contributed by atoms with Gasteiger partial charge < -0.3 is 19.9 Å². The van der Waals surface area contributed by atoms with Crippen molar-refractivity contribution in [3.05, 3.63) is 47.0 Å². The highest BCUT2D eigenvalue weighted by Crippen LogP contribution is 2.29. The zero-order chi connectivity index (χ0) is 23.2. The van der Waals surface area contributed by atoms with E-state index in [2.05, 4.69) is 24.8 Å². The Balaban J connectivity index is 0.000000821. The lowest BCUT2D eigenvalue weighted by molar-refractivity contribution is -0.125. The maximum atomic E-state index is 12.8. The van der Waals surface area contributed by atoms with Gasteiger partial charge in [-0.05, 0) is 43.4 Å². The van der Waals surface area contributed by atoms with Gasteiger partial charge in [-0.3, -0.25) is 9.59 Å². The number of rotatable bonds is 4. The van der Waals surface area contributed by atoms with Crippen LogP contribution in [0.2, 0.25) is 5.02 Å². The van der Waals surface area contributed by atoms with Crippen LogP contribution in [-0.2, 0) is 29.1 Å². The van der Waals surface area contributed by atoms with Gasteiger partial charge in [-0.25, -0.2) is 15.0 Å². The Morgan fingerprint density at radius 2 is 2.09 bits per heavy atom. The Morgan fingerprint density at radius 3 is 2.91 bits per heavy atom.